The molecule has 1 aliphatic carbocycles. The average molecular weight is 370 g/mol. The lowest BCUT2D eigenvalue weighted by atomic mass is 9.92. The van der Waals surface area contributed by atoms with Gasteiger partial charge in [0, 0.05) is 13.1 Å². The van der Waals surface area contributed by atoms with E-state index in [1.54, 1.807) is 0 Å². The Bertz CT molecular complexity index is 642. The molecule has 3 fully saturated rings. The average Bonchev–Trinajstić information content (AvgIpc) is 3.41. The zero-order valence-electron chi connectivity index (χ0n) is 17.1. The van der Waals surface area contributed by atoms with Gasteiger partial charge in [0.1, 0.15) is 5.54 Å². The van der Waals surface area contributed by atoms with Crippen LogP contribution in [-0.4, -0.2) is 59.9 Å². The van der Waals surface area contributed by atoms with Crippen LogP contribution in [0.4, 0.5) is 0 Å². The van der Waals surface area contributed by atoms with Crippen LogP contribution in [-0.2, 0) is 11.3 Å². The second kappa shape index (κ2) is 7.92. The number of carbonyl (C=O) groups is 1. The normalized spacial score (nSPS) is 25.6. The molecule has 27 heavy (non-hydrogen) atoms. The molecule has 2 aliphatic heterocycles. The number of likely N-dealkylation sites (tertiary alicyclic amines) is 2. The third-order valence-corrected chi connectivity index (χ3v) is 6.92. The predicted molar refractivity (Wildman–Crippen MR) is 110 cm³/mol. The first kappa shape index (κ1) is 18.9. The number of benzene rings is 1. The highest BCUT2D eigenvalue weighted by atomic mass is 16.2. The van der Waals surface area contributed by atoms with Crippen molar-refractivity contribution in [3.63, 3.8) is 0 Å². The molecule has 1 aromatic carbocycles. The molecule has 0 bridgehead atoms. The van der Waals surface area contributed by atoms with E-state index in [-0.39, 0.29) is 11.6 Å². The molecule has 1 amide bonds. The summed E-state index contributed by atoms with van der Waals surface area (Å²) in [5, 5.41) is 0. The summed E-state index contributed by atoms with van der Waals surface area (Å²) in [4.78, 5) is 20.8. The summed E-state index contributed by atoms with van der Waals surface area (Å²) in [6.45, 7) is 4.12. The van der Waals surface area contributed by atoms with Gasteiger partial charge in [-0.15, -0.1) is 0 Å². The van der Waals surface area contributed by atoms with Crippen molar-refractivity contribution in [2.45, 2.75) is 69.5 Å². The van der Waals surface area contributed by atoms with E-state index in [0.29, 0.717) is 5.91 Å². The highest BCUT2D eigenvalue weighted by molar-refractivity contribution is 5.87. The van der Waals surface area contributed by atoms with Crippen molar-refractivity contribution < 1.29 is 4.79 Å². The highest BCUT2D eigenvalue weighted by Gasteiger charge is 2.50. The van der Waals surface area contributed by atoms with E-state index in [1.165, 1.54) is 36.8 Å². The van der Waals surface area contributed by atoms with E-state index in [4.69, 9.17) is 0 Å². The van der Waals surface area contributed by atoms with Crippen LogP contribution in [0.25, 0.3) is 0 Å². The molecule has 148 valence electrons. The Morgan fingerprint density at radius 1 is 1.00 bits per heavy atom. The number of hydrogen-bond donors (Lipinski definition) is 0. The lowest BCUT2D eigenvalue weighted by Gasteiger charge is -2.41. The number of amides is 1. The van der Waals surface area contributed by atoms with Gasteiger partial charge < -0.3 is 9.80 Å². The maximum Gasteiger partial charge on any atom is 0.243 e. The first-order valence-corrected chi connectivity index (χ1v) is 10.9. The van der Waals surface area contributed by atoms with E-state index >= 15 is 0 Å². The Kier molecular flexibility index (Phi) is 5.56. The standard InChI is InChI=1S/C23H35N3O/c1-24(2)18-19-9-11-20(12-10-19)21-8-7-17-26(21)22(27)23(13-3-4-14-23)25-15-5-6-16-25/h9-12,21H,3-8,13-18H2,1-2H3/t21-/m1/s1. The molecule has 4 nitrogen and oxygen atoms in total. The predicted octanol–water partition coefficient (Wildman–Crippen LogP) is 3.82. The fraction of sp³-hybridized carbons (Fsp3) is 0.696. The van der Waals surface area contributed by atoms with Crippen LogP contribution in [0.2, 0.25) is 0 Å². The molecule has 4 heteroatoms. The Morgan fingerprint density at radius 2 is 1.67 bits per heavy atom. The van der Waals surface area contributed by atoms with Crippen molar-refractivity contribution in [2.75, 3.05) is 33.7 Å². The molecular formula is C23H35N3O. The van der Waals surface area contributed by atoms with Crippen LogP contribution in [0.5, 0.6) is 0 Å². The second-order valence-corrected chi connectivity index (χ2v) is 9.07. The lowest BCUT2D eigenvalue weighted by molar-refractivity contribution is -0.145. The number of carbonyl (C=O) groups excluding carboxylic acids is 1. The molecule has 0 radical (unpaired) electrons. The fourth-order valence-corrected chi connectivity index (χ4v) is 5.60. The van der Waals surface area contributed by atoms with Crippen LogP contribution in [0, 0.1) is 0 Å². The van der Waals surface area contributed by atoms with Gasteiger partial charge in [-0.3, -0.25) is 9.69 Å². The highest BCUT2D eigenvalue weighted by Crippen LogP contribution is 2.42. The molecule has 0 spiro atoms. The van der Waals surface area contributed by atoms with Crippen LogP contribution >= 0.6 is 0 Å². The van der Waals surface area contributed by atoms with Gasteiger partial charge in [0.2, 0.25) is 5.91 Å². The van der Waals surface area contributed by atoms with E-state index < -0.39 is 0 Å². The van der Waals surface area contributed by atoms with Crippen molar-refractivity contribution in [1.29, 1.82) is 0 Å². The maximum atomic E-state index is 13.8. The van der Waals surface area contributed by atoms with Gasteiger partial charge in [-0.1, -0.05) is 37.1 Å². The molecule has 2 saturated heterocycles. The van der Waals surface area contributed by atoms with Gasteiger partial charge in [0.05, 0.1) is 6.04 Å². The van der Waals surface area contributed by atoms with Crippen molar-refractivity contribution in [3.8, 4) is 0 Å². The van der Waals surface area contributed by atoms with E-state index in [2.05, 4.69) is 53.1 Å². The van der Waals surface area contributed by atoms with E-state index in [9.17, 15) is 4.79 Å². The third-order valence-electron chi connectivity index (χ3n) is 6.92. The van der Waals surface area contributed by atoms with Crippen molar-refractivity contribution in [3.05, 3.63) is 35.4 Å². The summed E-state index contributed by atoms with van der Waals surface area (Å²) >= 11 is 0. The van der Waals surface area contributed by atoms with Crippen LogP contribution in [0.1, 0.15) is 68.5 Å². The zero-order valence-corrected chi connectivity index (χ0v) is 17.1. The summed E-state index contributed by atoms with van der Waals surface area (Å²) in [6, 6.07) is 9.26. The molecule has 4 rings (SSSR count). The van der Waals surface area contributed by atoms with Gasteiger partial charge >= 0.3 is 0 Å². The summed E-state index contributed by atoms with van der Waals surface area (Å²) in [5.41, 5.74) is 2.46. The van der Waals surface area contributed by atoms with Crippen LogP contribution in [0.15, 0.2) is 24.3 Å². The number of rotatable bonds is 5. The molecule has 1 saturated carbocycles. The smallest absolute Gasteiger partial charge is 0.243 e. The summed E-state index contributed by atoms with van der Waals surface area (Å²) in [5.74, 6) is 0.432. The topological polar surface area (TPSA) is 26.8 Å². The summed E-state index contributed by atoms with van der Waals surface area (Å²) < 4.78 is 0. The van der Waals surface area contributed by atoms with Crippen molar-refractivity contribution in [2.24, 2.45) is 0 Å². The Hall–Kier alpha value is -1.39. The largest absolute Gasteiger partial charge is 0.334 e. The lowest BCUT2D eigenvalue weighted by Crippen LogP contribution is -2.57. The molecule has 1 atom stereocenters. The van der Waals surface area contributed by atoms with Gasteiger partial charge in [0.25, 0.3) is 0 Å². The first-order chi connectivity index (χ1) is 13.1. The van der Waals surface area contributed by atoms with Gasteiger partial charge in [-0.05, 0) is 76.8 Å². The monoisotopic (exact) mass is 369 g/mol. The molecule has 3 aliphatic rings. The third kappa shape index (κ3) is 3.66. The molecule has 0 aromatic heterocycles. The molecule has 0 N–H and O–H groups in total. The van der Waals surface area contributed by atoms with Gasteiger partial charge in [0.15, 0.2) is 0 Å². The SMILES string of the molecule is CN(C)Cc1ccc([C@H]2CCCN2C(=O)C2(N3CCCC3)CCCC2)cc1. The van der Waals surface area contributed by atoms with Crippen LogP contribution < -0.4 is 0 Å². The maximum absolute atomic E-state index is 13.8. The Labute approximate surface area is 164 Å². The molecule has 1 aromatic rings. The molecular weight excluding hydrogens is 334 g/mol. The zero-order chi connectivity index (χ0) is 18.9. The minimum absolute atomic E-state index is 0.191. The quantitative estimate of drug-likeness (QED) is 0.789. The van der Waals surface area contributed by atoms with Crippen molar-refractivity contribution >= 4 is 5.91 Å². The summed E-state index contributed by atoms with van der Waals surface area (Å²) in [6.07, 6.45) is 9.30. The minimum Gasteiger partial charge on any atom is -0.334 e. The van der Waals surface area contributed by atoms with Gasteiger partial charge in [-0.25, -0.2) is 0 Å². The number of nitrogens with zero attached hydrogens (tertiary/aromatic N) is 3. The number of hydrogen-bond acceptors (Lipinski definition) is 3. The molecule has 0 unspecified atom stereocenters. The Morgan fingerprint density at radius 3 is 2.30 bits per heavy atom. The fourth-order valence-electron chi connectivity index (χ4n) is 5.60. The minimum atomic E-state index is -0.191. The van der Waals surface area contributed by atoms with E-state index in [0.717, 1.165) is 51.9 Å². The second-order valence-electron chi connectivity index (χ2n) is 9.07. The first-order valence-electron chi connectivity index (χ1n) is 10.9. The van der Waals surface area contributed by atoms with Crippen LogP contribution in [0.3, 0.4) is 0 Å². The van der Waals surface area contributed by atoms with E-state index in [1.807, 2.05) is 0 Å². The van der Waals surface area contributed by atoms with Crippen molar-refractivity contribution in [1.82, 2.24) is 14.7 Å². The Balaban J connectivity index is 1.54. The van der Waals surface area contributed by atoms with Gasteiger partial charge in [-0.2, -0.15) is 0 Å². The summed E-state index contributed by atoms with van der Waals surface area (Å²) in [7, 11) is 4.20. The molecule has 2 heterocycles.